The van der Waals surface area contributed by atoms with Gasteiger partial charge in [-0.15, -0.1) is 0 Å². The van der Waals surface area contributed by atoms with Crippen LogP contribution in [0.5, 0.6) is 11.5 Å². The number of hydrogen-bond acceptors (Lipinski definition) is 5. The van der Waals surface area contributed by atoms with Crippen molar-refractivity contribution in [2.45, 2.75) is 0 Å². The number of hydrazone groups is 1. The first-order valence-electron chi connectivity index (χ1n) is 4.73. The van der Waals surface area contributed by atoms with Crippen LogP contribution in [0.3, 0.4) is 0 Å². The number of nitrogens with one attached hydrogen (secondary N) is 1. The fourth-order valence-corrected chi connectivity index (χ4v) is 1.28. The van der Waals surface area contributed by atoms with Gasteiger partial charge in [-0.1, -0.05) is 0 Å². The Morgan fingerprint density at radius 2 is 2.06 bits per heavy atom. The summed E-state index contributed by atoms with van der Waals surface area (Å²) in [4.78, 5) is 22.0. The molecular weight excluding hydrogens is 226 g/mol. The zero-order valence-corrected chi connectivity index (χ0v) is 8.62. The predicted molar refractivity (Wildman–Crippen MR) is 57.6 cm³/mol. The van der Waals surface area contributed by atoms with Gasteiger partial charge in [0.15, 0.2) is 11.5 Å². The van der Waals surface area contributed by atoms with Gasteiger partial charge in [-0.05, 0) is 23.8 Å². The van der Waals surface area contributed by atoms with Crippen LogP contribution >= 0.6 is 0 Å². The molecule has 1 aromatic rings. The van der Waals surface area contributed by atoms with Crippen LogP contribution in [0.2, 0.25) is 0 Å². The van der Waals surface area contributed by atoms with Crippen molar-refractivity contribution in [3.05, 3.63) is 23.8 Å². The summed E-state index contributed by atoms with van der Waals surface area (Å²) in [5, 5.41) is 25.1. The van der Waals surface area contributed by atoms with Crippen LogP contribution in [0.4, 0.5) is 4.79 Å². The Kier molecular flexibility index (Phi) is 2.65. The molecule has 7 heteroatoms. The third-order valence-corrected chi connectivity index (χ3v) is 2.12. The number of amides is 3. The summed E-state index contributed by atoms with van der Waals surface area (Å²) in [6.07, 6.45) is 1.30. The number of carbonyl (C=O) groups excluding carboxylic acids is 2. The van der Waals surface area contributed by atoms with Crippen molar-refractivity contribution < 1.29 is 19.8 Å². The van der Waals surface area contributed by atoms with E-state index < -0.39 is 11.9 Å². The Morgan fingerprint density at radius 1 is 1.29 bits per heavy atom. The molecule has 0 radical (unpaired) electrons. The van der Waals surface area contributed by atoms with E-state index in [0.29, 0.717) is 5.56 Å². The summed E-state index contributed by atoms with van der Waals surface area (Å²) in [7, 11) is 0. The summed E-state index contributed by atoms with van der Waals surface area (Å²) in [6.45, 7) is -0.126. The second kappa shape index (κ2) is 4.12. The smallest absolute Gasteiger partial charge is 0.344 e. The molecule has 17 heavy (non-hydrogen) atoms. The summed E-state index contributed by atoms with van der Waals surface area (Å²) in [5.74, 6) is -0.937. The lowest BCUT2D eigenvalue weighted by atomic mass is 10.2. The molecule has 0 spiro atoms. The van der Waals surface area contributed by atoms with Crippen molar-refractivity contribution in [1.29, 1.82) is 0 Å². The first kappa shape index (κ1) is 10.9. The van der Waals surface area contributed by atoms with E-state index in [1.54, 1.807) is 0 Å². The minimum absolute atomic E-state index is 0.126. The molecule has 1 aliphatic rings. The lowest BCUT2D eigenvalue weighted by Crippen LogP contribution is -2.24. The van der Waals surface area contributed by atoms with Crippen LogP contribution in [0.25, 0.3) is 0 Å². The van der Waals surface area contributed by atoms with Gasteiger partial charge < -0.3 is 10.2 Å². The summed E-state index contributed by atoms with van der Waals surface area (Å²) >= 11 is 0. The number of nitrogens with zero attached hydrogens (tertiary/aromatic N) is 2. The molecule has 1 aliphatic heterocycles. The molecule has 1 aromatic carbocycles. The van der Waals surface area contributed by atoms with Crippen molar-refractivity contribution in [3.8, 4) is 11.5 Å². The number of benzene rings is 1. The zero-order valence-electron chi connectivity index (χ0n) is 8.62. The Morgan fingerprint density at radius 3 is 2.65 bits per heavy atom. The number of phenols is 2. The summed E-state index contributed by atoms with van der Waals surface area (Å²) < 4.78 is 0. The third-order valence-electron chi connectivity index (χ3n) is 2.12. The SMILES string of the molecule is O=C1CN(/N=C/c2ccc(O)c(O)c2)C(=O)N1. The topological polar surface area (TPSA) is 102 Å². The molecule has 1 fully saturated rings. The molecule has 0 bridgehead atoms. The molecule has 0 atom stereocenters. The third kappa shape index (κ3) is 2.33. The van der Waals surface area contributed by atoms with E-state index in [0.717, 1.165) is 5.01 Å². The molecule has 0 aromatic heterocycles. The van der Waals surface area contributed by atoms with E-state index in [1.165, 1.54) is 24.4 Å². The lowest BCUT2D eigenvalue weighted by molar-refractivity contribution is -0.118. The molecule has 0 saturated carbocycles. The van der Waals surface area contributed by atoms with Crippen LogP contribution in [0.15, 0.2) is 23.3 Å². The van der Waals surface area contributed by atoms with Crippen molar-refractivity contribution in [3.63, 3.8) is 0 Å². The normalized spacial score (nSPS) is 15.6. The van der Waals surface area contributed by atoms with Gasteiger partial charge in [0, 0.05) is 0 Å². The summed E-state index contributed by atoms with van der Waals surface area (Å²) in [5.41, 5.74) is 0.493. The molecule has 7 nitrogen and oxygen atoms in total. The van der Waals surface area contributed by atoms with E-state index in [4.69, 9.17) is 5.11 Å². The monoisotopic (exact) mass is 235 g/mol. The van der Waals surface area contributed by atoms with E-state index in [2.05, 4.69) is 10.4 Å². The molecule has 3 N–H and O–H groups in total. The highest BCUT2D eigenvalue weighted by atomic mass is 16.3. The molecule has 0 unspecified atom stereocenters. The van der Waals surface area contributed by atoms with Crippen LogP contribution in [0.1, 0.15) is 5.56 Å². The second-order valence-electron chi connectivity index (χ2n) is 3.40. The molecule has 3 amide bonds. The van der Waals surface area contributed by atoms with Gasteiger partial charge in [-0.25, -0.2) is 9.80 Å². The Bertz CT molecular complexity index is 512. The average Bonchev–Trinajstić information content (AvgIpc) is 2.59. The van der Waals surface area contributed by atoms with E-state index in [-0.39, 0.29) is 18.0 Å². The highest BCUT2D eigenvalue weighted by molar-refractivity contribution is 6.02. The molecule has 0 aliphatic carbocycles. The maximum absolute atomic E-state index is 11.1. The molecule has 1 heterocycles. The van der Waals surface area contributed by atoms with Gasteiger partial charge in [0.25, 0.3) is 0 Å². The highest BCUT2D eigenvalue weighted by Gasteiger charge is 2.25. The number of phenolic OH excluding ortho intramolecular Hbond substituents is 2. The van der Waals surface area contributed by atoms with Gasteiger partial charge in [0.05, 0.1) is 6.21 Å². The number of rotatable bonds is 2. The van der Waals surface area contributed by atoms with Gasteiger partial charge >= 0.3 is 6.03 Å². The highest BCUT2D eigenvalue weighted by Crippen LogP contribution is 2.24. The molecule has 88 valence electrons. The first-order chi connectivity index (χ1) is 8.06. The maximum Gasteiger partial charge on any atom is 0.344 e. The maximum atomic E-state index is 11.1. The van der Waals surface area contributed by atoms with Crippen molar-refractivity contribution in [2.75, 3.05) is 6.54 Å². The fourth-order valence-electron chi connectivity index (χ4n) is 1.28. The first-order valence-corrected chi connectivity index (χ1v) is 4.73. The average molecular weight is 235 g/mol. The number of hydrogen-bond donors (Lipinski definition) is 3. The van der Waals surface area contributed by atoms with Gasteiger partial charge in [-0.3, -0.25) is 10.1 Å². The van der Waals surface area contributed by atoms with E-state index >= 15 is 0 Å². The summed E-state index contributed by atoms with van der Waals surface area (Å²) in [6, 6.07) is 3.50. The van der Waals surface area contributed by atoms with Crippen LogP contribution in [-0.4, -0.2) is 39.9 Å². The van der Waals surface area contributed by atoms with Gasteiger partial charge in [0.2, 0.25) is 5.91 Å². The quantitative estimate of drug-likeness (QED) is 0.381. The van der Waals surface area contributed by atoms with E-state index in [9.17, 15) is 14.7 Å². The van der Waals surface area contributed by atoms with Crippen molar-refractivity contribution >= 4 is 18.2 Å². The largest absolute Gasteiger partial charge is 0.504 e. The predicted octanol–water partition coefficient (Wildman–Crippen LogP) is -0.0165. The fraction of sp³-hybridized carbons (Fsp3) is 0.100. The zero-order chi connectivity index (χ0) is 12.4. The standard InChI is InChI=1S/C10H9N3O4/c14-7-2-1-6(3-8(7)15)4-11-13-5-9(16)12-10(13)17/h1-4,14-15H,5H2,(H,12,16,17)/b11-4+. The number of carbonyl (C=O) groups is 2. The number of imide groups is 1. The molecule has 2 rings (SSSR count). The van der Waals surface area contributed by atoms with Crippen LogP contribution < -0.4 is 5.32 Å². The van der Waals surface area contributed by atoms with Crippen molar-refractivity contribution in [1.82, 2.24) is 10.3 Å². The van der Waals surface area contributed by atoms with E-state index in [1.807, 2.05) is 0 Å². The van der Waals surface area contributed by atoms with Crippen LogP contribution in [-0.2, 0) is 4.79 Å². The van der Waals surface area contributed by atoms with Gasteiger partial charge in [0.1, 0.15) is 6.54 Å². The minimum atomic E-state index is -0.589. The van der Waals surface area contributed by atoms with Crippen LogP contribution in [0, 0.1) is 0 Å². The Balaban J connectivity index is 2.12. The minimum Gasteiger partial charge on any atom is -0.504 e. The molecule has 1 saturated heterocycles. The Labute approximate surface area is 96.0 Å². The number of aromatic hydroxyl groups is 2. The Hall–Kier alpha value is -2.57. The van der Waals surface area contributed by atoms with Gasteiger partial charge in [-0.2, -0.15) is 5.10 Å². The van der Waals surface area contributed by atoms with Crippen molar-refractivity contribution in [2.24, 2.45) is 5.10 Å². The lowest BCUT2D eigenvalue weighted by Gasteiger charge is -2.04. The number of urea groups is 1. The second-order valence-corrected chi connectivity index (χ2v) is 3.40. The molecular formula is C10H9N3O4.